The SMILES string of the molecule is Cc1ccc(-n2cc(-c3ccc(Cl)cc3)nc2NC(=O)CN(C(=O)C2CCCC2)C2CC2)cc1. The molecule has 2 fully saturated rings. The summed E-state index contributed by atoms with van der Waals surface area (Å²) in [5, 5.41) is 3.63. The standard InChI is InChI=1S/C27H29ClN4O2/c1-18-6-12-23(13-7-18)32-16-24(19-8-10-21(28)11-9-19)29-27(32)30-25(33)17-31(22-14-15-22)26(34)20-4-2-3-5-20/h6-13,16,20,22H,2-5,14-15,17H2,1H3,(H,29,30,33). The van der Waals surface area contributed by atoms with E-state index in [1.54, 1.807) is 4.90 Å². The van der Waals surface area contributed by atoms with E-state index in [0.717, 1.165) is 61.0 Å². The molecule has 2 aliphatic carbocycles. The van der Waals surface area contributed by atoms with Crippen LogP contribution < -0.4 is 5.32 Å². The van der Waals surface area contributed by atoms with Gasteiger partial charge in [-0.25, -0.2) is 4.98 Å². The van der Waals surface area contributed by atoms with Gasteiger partial charge in [0.2, 0.25) is 17.8 Å². The number of anilines is 1. The van der Waals surface area contributed by atoms with Gasteiger partial charge in [-0.2, -0.15) is 0 Å². The average Bonchev–Trinajstić information content (AvgIpc) is 3.35. The Balaban J connectivity index is 1.40. The van der Waals surface area contributed by atoms with Crippen LogP contribution in [0, 0.1) is 12.8 Å². The summed E-state index contributed by atoms with van der Waals surface area (Å²) in [6, 6.07) is 15.7. The minimum absolute atomic E-state index is 0.0665. The zero-order valence-corrected chi connectivity index (χ0v) is 20.1. The van der Waals surface area contributed by atoms with Crippen molar-refractivity contribution in [2.24, 2.45) is 5.92 Å². The largest absolute Gasteiger partial charge is 0.330 e. The molecule has 5 rings (SSSR count). The number of nitrogens with zero attached hydrogens (tertiary/aromatic N) is 3. The van der Waals surface area contributed by atoms with Gasteiger partial charge in [0.15, 0.2) is 0 Å². The van der Waals surface area contributed by atoms with Crippen molar-refractivity contribution in [2.75, 3.05) is 11.9 Å². The van der Waals surface area contributed by atoms with Crippen LogP contribution in [0.1, 0.15) is 44.1 Å². The van der Waals surface area contributed by atoms with Gasteiger partial charge in [0.1, 0.15) is 6.54 Å². The molecule has 1 heterocycles. The molecular weight excluding hydrogens is 448 g/mol. The summed E-state index contributed by atoms with van der Waals surface area (Å²) in [6.45, 7) is 2.10. The fourth-order valence-corrected chi connectivity index (χ4v) is 4.76. The van der Waals surface area contributed by atoms with E-state index in [4.69, 9.17) is 16.6 Å². The van der Waals surface area contributed by atoms with E-state index in [-0.39, 0.29) is 30.3 Å². The molecule has 176 valence electrons. The van der Waals surface area contributed by atoms with Crippen molar-refractivity contribution >= 4 is 29.4 Å². The number of carbonyl (C=O) groups excluding carboxylic acids is 2. The highest BCUT2D eigenvalue weighted by atomic mass is 35.5. The zero-order valence-electron chi connectivity index (χ0n) is 19.3. The molecule has 2 saturated carbocycles. The van der Waals surface area contributed by atoms with Gasteiger partial charge in [0.25, 0.3) is 0 Å². The van der Waals surface area contributed by atoms with E-state index in [1.165, 1.54) is 0 Å². The van der Waals surface area contributed by atoms with Gasteiger partial charge in [0, 0.05) is 34.4 Å². The Morgan fingerprint density at radius 1 is 1.03 bits per heavy atom. The highest BCUT2D eigenvalue weighted by Crippen LogP contribution is 2.33. The molecule has 1 aromatic heterocycles. The summed E-state index contributed by atoms with van der Waals surface area (Å²) in [4.78, 5) is 32.7. The monoisotopic (exact) mass is 476 g/mol. The number of imidazole rings is 1. The molecule has 0 unspecified atom stereocenters. The van der Waals surface area contributed by atoms with E-state index in [0.29, 0.717) is 11.0 Å². The lowest BCUT2D eigenvalue weighted by Crippen LogP contribution is -2.42. The summed E-state index contributed by atoms with van der Waals surface area (Å²) in [5.74, 6) is 0.418. The van der Waals surface area contributed by atoms with Gasteiger partial charge in [-0.1, -0.05) is 54.3 Å². The number of halogens is 1. The fraction of sp³-hybridized carbons (Fsp3) is 0.370. The van der Waals surface area contributed by atoms with Crippen LogP contribution in [0.25, 0.3) is 16.9 Å². The van der Waals surface area contributed by atoms with Gasteiger partial charge in [-0.05, 0) is 56.9 Å². The molecule has 0 aliphatic heterocycles. The van der Waals surface area contributed by atoms with Crippen LogP contribution >= 0.6 is 11.6 Å². The van der Waals surface area contributed by atoms with Crippen LogP contribution in [-0.4, -0.2) is 38.9 Å². The number of hydrogen-bond donors (Lipinski definition) is 1. The summed E-state index contributed by atoms with van der Waals surface area (Å²) in [6.07, 6.45) is 7.93. The predicted octanol–water partition coefficient (Wildman–Crippen LogP) is 5.62. The summed E-state index contributed by atoms with van der Waals surface area (Å²) in [5.41, 5.74) is 3.68. The van der Waals surface area contributed by atoms with Gasteiger partial charge < -0.3 is 4.90 Å². The Hall–Kier alpha value is -3.12. The topological polar surface area (TPSA) is 67.2 Å². The lowest BCUT2D eigenvalue weighted by molar-refractivity contribution is -0.138. The first-order valence-electron chi connectivity index (χ1n) is 12.0. The average molecular weight is 477 g/mol. The van der Waals surface area contributed by atoms with Gasteiger partial charge >= 0.3 is 0 Å². The number of rotatable bonds is 7. The van der Waals surface area contributed by atoms with Crippen LogP contribution in [-0.2, 0) is 9.59 Å². The van der Waals surface area contributed by atoms with Crippen LogP contribution in [0.4, 0.5) is 5.95 Å². The third-order valence-electron chi connectivity index (χ3n) is 6.70. The molecule has 0 atom stereocenters. The van der Waals surface area contributed by atoms with Crippen LogP contribution in [0.5, 0.6) is 0 Å². The highest BCUT2D eigenvalue weighted by molar-refractivity contribution is 6.30. The minimum atomic E-state index is -0.222. The molecule has 6 nitrogen and oxygen atoms in total. The third kappa shape index (κ3) is 5.02. The number of amides is 2. The number of benzene rings is 2. The molecule has 3 aromatic rings. The van der Waals surface area contributed by atoms with Gasteiger partial charge in [0.05, 0.1) is 5.69 Å². The molecule has 0 spiro atoms. The molecule has 0 bridgehead atoms. The third-order valence-corrected chi connectivity index (χ3v) is 6.95. The molecule has 34 heavy (non-hydrogen) atoms. The maximum atomic E-state index is 13.1. The Morgan fingerprint density at radius 3 is 2.35 bits per heavy atom. The van der Waals surface area contributed by atoms with Gasteiger partial charge in [-0.15, -0.1) is 0 Å². The number of carbonyl (C=O) groups is 2. The second-order valence-corrected chi connectivity index (χ2v) is 9.83. The number of aryl methyl sites for hydroxylation is 1. The molecule has 2 amide bonds. The predicted molar refractivity (Wildman–Crippen MR) is 134 cm³/mol. The van der Waals surface area contributed by atoms with E-state index in [9.17, 15) is 9.59 Å². The van der Waals surface area contributed by atoms with Crippen molar-refractivity contribution in [2.45, 2.75) is 51.5 Å². The van der Waals surface area contributed by atoms with Crippen LogP contribution in [0.15, 0.2) is 54.7 Å². The Kier molecular flexibility index (Phi) is 6.42. The van der Waals surface area contributed by atoms with E-state index >= 15 is 0 Å². The zero-order chi connectivity index (χ0) is 23.7. The van der Waals surface area contributed by atoms with E-state index < -0.39 is 0 Å². The number of nitrogens with one attached hydrogen (secondary N) is 1. The smallest absolute Gasteiger partial charge is 0.246 e. The highest BCUT2D eigenvalue weighted by Gasteiger charge is 2.37. The Bertz CT molecular complexity index is 1180. The minimum Gasteiger partial charge on any atom is -0.330 e. The molecular formula is C27H29ClN4O2. The van der Waals surface area contributed by atoms with Crippen molar-refractivity contribution in [3.8, 4) is 16.9 Å². The molecule has 2 aromatic carbocycles. The van der Waals surface area contributed by atoms with Crippen molar-refractivity contribution < 1.29 is 9.59 Å². The molecule has 7 heteroatoms. The first kappa shape index (κ1) is 22.7. The second kappa shape index (κ2) is 9.63. The summed E-state index contributed by atoms with van der Waals surface area (Å²) < 4.78 is 1.88. The van der Waals surface area contributed by atoms with Crippen LogP contribution in [0.3, 0.4) is 0 Å². The molecule has 2 aliphatic rings. The summed E-state index contributed by atoms with van der Waals surface area (Å²) in [7, 11) is 0. The molecule has 1 N–H and O–H groups in total. The second-order valence-electron chi connectivity index (χ2n) is 9.39. The lowest BCUT2D eigenvalue weighted by atomic mass is 10.1. The van der Waals surface area contributed by atoms with Crippen molar-refractivity contribution in [3.05, 3.63) is 65.3 Å². The molecule has 0 radical (unpaired) electrons. The van der Waals surface area contributed by atoms with Crippen LogP contribution in [0.2, 0.25) is 5.02 Å². The maximum absolute atomic E-state index is 13.1. The van der Waals surface area contributed by atoms with E-state index in [2.05, 4.69) is 5.32 Å². The first-order chi connectivity index (χ1) is 16.5. The normalized spacial score (nSPS) is 15.9. The quantitative estimate of drug-likeness (QED) is 0.481. The van der Waals surface area contributed by atoms with Crippen molar-refractivity contribution in [1.29, 1.82) is 0 Å². The van der Waals surface area contributed by atoms with Gasteiger partial charge in [-0.3, -0.25) is 19.5 Å². The van der Waals surface area contributed by atoms with Crippen molar-refractivity contribution in [3.63, 3.8) is 0 Å². The number of hydrogen-bond acceptors (Lipinski definition) is 3. The Labute approximate surface area is 204 Å². The molecule has 0 saturated heterocycles. The van der Waals surface area contributed by atoms with E-state index in [1.807, 2.05) is 66.2 Å². The fourth-order valence-electron chi connectivity index (χ4n) is 4.63. The summed E-state index contributed by atoms with van der Waals surface area (Å²) >= 11 is 6.05. The maximum Gasteiger partial charge on any atom is 0.246 e. The Morgan fingerprint density at radius 2 is 1.71 bits per heavy atom. The van der Waals surface area contributed by atoms with Crippen molar-refractivity contribution in [1.82, 2.24) is 14.5 Å². The number of aromatic nitrogens is 2. The lowest BCUT2D eigenvalue weighted by Gasteiger charge is -2.25. The first-order valence-corrected chi connectivity index (χ1v) is 12.4.